The first kappa shape index (κ1) is 9.47. The van der Waals surface area contributed by atoms with Crippen molar-refractivity contribution in [3.8, 4) is 0 Å². The first-order chi connectivity index (χ1) is 6.37. The third-order valence-electron chi connectivity index (χ3n) is 3.44. The maximum Gasteiger partial charge on any atom is 0.133 e. The van der Waals surface area contributed by atoms with Crippen LogP contribution in [0.4, 0.5) is 0 Å². The summed E-state index contributed by atoms with van der Waals surface area (Å²) in [5.41, 5.74) is 0.146. The van der Waals surface area contributed by atoms with E-state index in [1.54, 1.807) is 0 Å². The molecule has 0 spiro atoms. The largest absolute Gasteiger partial charge is 0.230 e. The monoisotopic (exact) mass is 184 g/mol. The lowest BCUT2D eigenvalue weighted by Crippen LogP contribution is -2.57. The van der Waals surface area contributed by atoms with Crippen molar-refractivity contribution in [3.05, 3.63) is 0 Å². The summed E-state index contributed by atoms with van der Waals surface area (Å²) in [6.45, 7) is 2.24. The van der Waals surface area contributed by atoms with Crippen molar-refractivity contribution in [2.45, 2.75) is 70.0 Å². The van der Waals surface area contributed by atoms with Crippen LogP contribution in [0.5, 0.6) is 0 Å². The Morgan fingerprint density at radius 2 is 2.23 bits per heavy atom. The minimum atomic E-state index is 0.146. The zero-order valence-corrected chi connectivity index (χ0v) is 8.55. The fraction of sp³-hybridized carbons (Fsp3) is 1.00. The second kappa shape index (κ2) is 3.97. The Labute approximate surface area is 80.5 Å². The van der Waals surface area contributed by atoms with Gasteiger partial charge in [-0.15, -0.1) is 0 Å². The Hall–Kier alpha value is -0.0800. The number of unbranched alkanes of at least 4 members (excludes halogenated alkanes) is 2. The van der Waals surface area contributed by atoms with Crippen LogP contribution in [0.25, 0.3) is 0 Å². The lowest BCUT2D eigenvalue weighted by Gasteiger charge is -2.50. The zero-order valence-electron chi connectivity index (χ0n) is 8.55. The van der Waals surface area contributed by atoms with E-state index in [-0.39, 0.29) is 5.60 Å². The standard InChI is InChI=1S/C11H20O2/c1-2-3-5-8-11-9-6-4-7-10(11)12-13-11/h10H,2-9H2,1H3. The summed E-state index contributed by atoms with van der Waals surface area (Å²) < 4.78 is 0. The van der Waals surface area contributed by atoms with Gasteiger partial charge in [0.25, 0.3) is 0 Å². The van der Waals surface area contributed by atoms with Gasteiger partial charge in [-0.1, -0.05) is 39.0 Å². The van der Waals surface area contributed by atoms with E-state index >= 15 is 0 Å². The van der Waals surface area contributed by atoms with E-state index in [4.69, 9.17) is 9.78 Å². The van der Waals surface area contributed by atoms with Crippen LogP contribution in [0.1, 0.15) is 58.3 Å². The molecule has 0 bridgehead atoms. The van der Waals surface area contributed by atoms with Crippen LogP contribution in [-0.2, 0) is 9.78 Å². The highest BCUT2D eigenvalue weighted by Crippen LogP contribution is 2.45. The van der Waals surface area contributed by atoms with Gasteiger partial charge in [0.05, 0.1) is 0 Å². The topological polar surface area (TPSA) is 18.5 Å². The number of hydrogen-bond donors (Lipinski definition) is 0. The average Bonchev–Trinajstić information content (AvgIpc) is 2.11. The minimum Gasteiger partial charge on any atom is -0.230 e. The van der Waals surface area contributed by atoms with Gasteiger partial charge in [0, 0.05) is 0 Å². The van der Waals surface area contributed by atoms with Crippen molar-refractivity contribution in [2.24, 2.45) is 0 Å². The predicted octanol–water partition coefficient (Wildman–Crippen LogP) is 3.21. The first-order valence-electron chi connectivity index (χ1n) is 5.72. The van der Waals surface area contributed by atoms with Gasteiger partial charge in [0.1, 0.15) is 11.7 Å². The van der Waals surface area contributed by atoms with Crippen molar-refractivity contribution in [1.29, 1.82) is 0 Å². The van der Waals surface area contributed by atoms with Gasteiger partial charge >= 0.3 is 0 Å². The van der Waals surface area contributed by atoms with Crippen LogP contribution < -0.4 is 0 Å². The Morgan fingerprint density at radius 3 is 2.85 bits per heavy atom. The fourth-order valence-electron chi connectivity index (χ4n) is 2.52. The molecule has 0 aromatic heterocycles. The SMILES string of the molecule is CCCCCC12CCCCC1OO2. The average molecular weight is 184 g/mol. The summed E-state index contributed by atoms with van der Waals surface area (Å²) in [4.78, 5) is 10.5. The van der Waals surface area contributed by atoms with E-state index in [0.717, 1.165) is 0 Å². The van der Waals surface area contributed by atoms with Gasteiger partial charge in [-0.25, -0.2) is 9.78 Å². The second-order valence-electron chi connectivity index (χ2n) is 4.44. The number of fused-ring (bicyclic) bond motifs is 1. The van der Waals surface area contributed by atoms with E-state index in [0.29, 0.717) is 6.10 Å². The third-order valence-corrected chi connectivity index (χ3v) is 3.44. The molecule has 0 amide bonds. The predicted molar refractivity (Wildman–Crippen MR) is 51.3 cm³/mol. The molecule has 2 rings (SSSR count). The van der Waals surface area contributed by atoms with E-state index in [9.17, 15) is 0 Å². The molecule has 76 valence electrons. The molecule has 0 aromatic carbocycles. The van der Waals surface area contributed by atoms with Gasteiger partial charge in [0.15, 0.2) is 0 Å². The Balaban J connectivity index is 1.80. The van der Waals surface area contributed by atoms with Gasteiger partial charge in [0.2, 0.25) is 0 Å². The van der Waals surface area contributed by atoms with E-state index in [1.165, 1.54) is 51.4 Å². The van der Waals surface area contributed by atoms with Crippen molar-refractivity contribution in [1.82, 2.24) is 0 Å². The van der Waals surface area contributed by atoms with E-state index in [2.05, 4.69) is 6.92 Å². The van der Waals surface area contributed by atoms with Crippen LogP contribution in [0.15, 0.2) is 0 Å². The molecule has 1 aliphatic heterocycles. The van der Waals surface area contributed by atoms with Gasteiger partial charge in [-0.2, -0.15) is 0 Å². The second-order valence-corrected chi connectivity index (χ2v) is 4.44. The van der Waals surface area contributed by atoms with Crippen molar-refractivity contribution in [2.75, 3.05) is 0 Å². The molecule has 0 N–H and O–H groups in total. The summed E-state index contributed by atoms with van der Waals surface area (Å²) in [6.07, 6.45) is 10.7. The molecule has 13 heavy (non-hydrogen) atoms. The molecule has 2 atom stereocenters. The molecule has 0 radical (unpaired) electrons. The van der Waals surface area contributed by atoms with Crippen molar-refractivity contribution < 1.29 is 9.78 Å². The third kappa shape index (κ3) is 1.75. The lowest BCUT2D eigenvalue weighted by atomic mass is 9.77. The minimum absolute atomic E-state index is 0.146. The Morgan fingerprint density at radius 1 is 1.31 bits per heavy atom. The van der Waals surface area contributed by atoms with Crippen LogP contribution in [0, 0.1) is 0 Å². The maximum absolute atomic E-state index is 5.37. The van der Waals surface area contributed by atoms with Crippen LogP contribution in [0.3, 0.4) is 0 Å². The quantitative estimate of drug-likeness (QED) is 0.493. The molecule has 2 nitrogen and oxygen atoms in total. The molecule has 2 aliphatic rings. The summed E-state index contributed by atoms with van der Waals surface area (Å²) in [5, 5.41) is 0. The normalized spacial score (nSPS) is 38.1. The highest BCUT2D eigenvalue weighted by atomic mass is 17.3. The summed E-state index contributed by atoms with van der Waals surface area (Å²) in [6, 6.07) is 0. The smallest absolute Gasteiger partial charge is 0.133 e. The molecule has 1 aliphatic carbocycles. The molecule has 2 heteroatoms. The summed E-state index contributed by atoms with van der Waals surface area (Å²) in [5.74, 6) is 0. The van der Waals surface area contributed by atoms with Crippen molar-refractivity contribution in [3.63, 3.8) is 0 Å². The molecule has 1 saturated heterocycles. The maximum atomic E-state index is 5.37. The molecular weight excluding hydrogens is 164 g/mol. The zero-order chi connectivity index (χ0) is 9.15. The molecule has 1 heterocycles. The van der Waals surface area contributed by atoms with Crippen LogP contribution in [-0.4, -0.2) is 11.7 Å². The summed E-state index contributed by atoms with van der Waals surface area (Å²) >= 11 is 0. The highest BCUT2D eigenvalue weighted by molar-refractivity contribution is 4.95. The van der Waals surface area contributed by atoms with Crippen LogP contribution in [0.2, 0.25) is 0 Å². The molecule has 2 fully saturated rings. The first-order valence-corrected chi connectivity index (χ1v) is 5.72. The highest BCUT2D eigenvalue weighted by Gasteiger charge is 2.51. The Bertz CT molecular complexity index is 169. The molecule has 1 saturated carbocycles. The van der Waals surface area contributed by atoms with Gasteiger partial charge in [-0.05, 0) is 19.3 Å². The lowest BCUT2D eigenvalue weighted by molar-refractivity contribution is -0.518. The molecule has 2 unspecified atom stereocenters. The molecule has 0 aromatic rings. The van der Waals surface area contributed by atoms with Crippen LogP contribution >= 0.6 is 0 Å². The Kier molecular flexibility index (Phi) is 2.89. The van der Waals surface area contributed by atoms with Crippen molar-refractivity contribution >= 4 is 0 Å². The van der Waals surface area contributed by atoms with Gasteiger partial charge < -0.3 is 0 Å². The molecular formula is C11H20O2. The summed E-state index contributed by atoms with van der Waals surface area (Å²) in [7, 11) is 0. The fourth-order valence-corrected chi connectivity index (χ4v) is 2.52. The number of rotatable bonds is 4. The van der Waals surface area contributed by atoms with E-state index < -0.39 is 0 Å². The van der Waals surface area contributed by atoms with E-state index in [1.807, 2.05) is 0 Å². The number of hydrogen-bond acceptors (Lipinski definition) is 2. The van der Waals surface area contributed by atoms with Gasteiger partial charge in [-0.3, -0.25) is 0 Å².